The zero-order valence-electron chi connectivity index (χ0n) is 10.7. The van der Waals surface area contributed by atoms with Crippen LogP contribution in [0.15, 0.2) is 18.2 Å². The van der Waals surface area contributed by atoms with Gasteiger partial charge in [0.25, 0.3) is 0 Å². The number of nitrogens with zero attached hydrogens (tertiary/aromatic N) is 1. The van der Waals surface area contributed by atoms with Gasteiger partial charge in [-0.15, -0.1) is 0 Å². The van der Waals surface area contributed by atoms with Crippen LogP contribution in [0.2, 0.25) is 0 Å². The summed E-state index contributed by atoms with van der Waals surface area (Å²) in [6.07, 6.45) is -1.38. The molecule has 0 bridgehead atoms. The van der Waals surface area contributed by atoms with E-state index in [4.69, 9.17) is 9.84 Å². The van der Waals surface area contributed by atoms with E-state index in [1.54, 1.807) is 6.92 Å². The van der Waals surface area contributed by atoms with Gasteiger partial charge < -0.3 is 14.7 Å². The molecule has 5 nitrogen and oxygen atoms in total. The Bertz CT molecular complexity index is 547. The molecule has 1 heterocycles. The fraction of sp³-hybridized carbons (Fsp3) is 0.385. The van der Waals surface area contributed by atoms with Gasteiger partial charge in [-0.1, -0.05) is 6.07 Å². The largest absolute Gasteiger partial charge is 0.479 e. The van der Waals surface area contributed by atoms with Crippen LogP contribution < -0.4 is 0 Å². The highest BCUT2D eigenvalue weighted by Gasteiger charge is 2.42. The second-order valence-electron chi connectivity index (χ2n) is 4.36. The number of aliphatic carboxylic acids is 1. The molecule has 1 aliphatic rings. The quantitative estimate of drug-likeness (QED) is 0.910. The molecule has 1 aromatic rings. The molecule has 1 aromatic carbocycles. The second-order valence-corrected chi connectivity index (χ2v) is 4.36. The predicted octanol–water partition coefficient (Wildman–Crippen LogP) is 1.34. The highest BCUT2D eigenvalue weighted by atomic mass is 19.1. The first kappa shape index (κ1) is 14.4. The number of likely N-dealkylation sites (N-methyl/N-ethyl adjacent to an activating group) is 1. The summed E-state index contributed by atoms with van der Waals surface area (Å²) in [6, 6.07) is 1.70. The van der Waals surface area contributed by atoms with Gasteiger partial charge in [0, 0.05) is 18.2 Å². The van der Waals surface area contributed by atoms with Crippen LogP contribution in [0.25, 0.3) is 0 Å². The lowest BCUT2D eigenvalue weighted by atomic mass is 9.97. The van der Waals surface area contributed by atoms with Gasteiger partial charge in [0.1, 0.15) is 18.2 Å². The van der Waals surface area contributed by atoms with Crippen LogP contribution in [-0.4, -0.2) is 41.1 Å². The SMILES string of the molecule is CCN1C(=O)COC(C(=O)O)C1c1ccc(F)cc1F. The standard InChI is InChI=1S/C13H13F2NO4/c1-2-16-10(17)6-20-12(13(18)19)11(16)8-4-3-7(14)5-9(8)15/h3-5,11-12H,2,6H2,1H3,(H,18,19). The average Bonchev–Trinajstić information content (AvgIpc) is 2.38. The Balaban J connectivity index is 2.49. The fourth-order valence-electron chi connectivity index (χ4n) is 2.31. The number of morpholine rings is 1. The Labute approximate surface area is 113 Å². The summed E-state index contributed by atoms with van der Waals surface area (Å²) in [5.41, 5.74) is -0.0753. The highest BCUT2D eigenvalue weighted by Crippen LogP contribution is 2.32. The molecule has 108 valence electrons. The number of halogens is 2. The lowest BCUT2D eigenvalue weighted by molar-refractivity contribution is -0.173. The summed E-state index contributed by atoms with van der Waals surface area (Å²) in [4.78, 5) is 24.2. The third-order valence-electron chi connectivity index (χ3n) is 3.19. The molecule has 2 atom stereocenters. The molecule has 1 amide bonds. The van der Waals surface area contributed by atoms with E-state index in [2.05, 4.69) is 0 Å². The molecule has 2 rings (SSSR count). The number of hydrogen-bond acceptors (Lipinski definition) is 3. The molecule has 1 N–H and O–H groups in total. The van der Waals surface area contributed by atoms with Crippen LogP contribution in [0.3, 0.4) is 0 Å². The first-order chi connectivity index (χ1) is 9.45. The molecular weight excluding hydrogens is 272 g/mol. The van der Waals surface area contributed by atoms with Crippen LogP contribution in [0.4, 0.5) is 8.78 Å². The van der Waals surface area contributed by atoms with Gasteiger partial charge >= 0.3 is 5.97 Å². The van der Waals surface area contributed by atoms with E-state index in [1.807, 2.05) is 0 Å². The van der Waals surface area contributed by atoms with Crippen LogP contribution >= 0.6 is 0 Å². The Morgan fingerprint density at radius 3 is 2.75 bits per heavy atom. The van der Waals surface area contributed by atoms with Crippen molar-refractivity contribution in [1.29, 1.82) is 0 Å². The first-order valence-electron chi connectivity index (χ1n) is 6.04. The van der Waals surface area contributed by atoms with Crippen molar-refractivity contribution in [3.63, 3.8) is 0 Å². The number of benzene rings is 1. The topological polar surface area (TPSA) is 66.8 Å². The number of hydrogen-bond donors (Lipinski definition) is 1. The molecule has 1 fully saturated rings. The maximum absolute atomic E-state index is 13.9. The van der Waals surface area contributed by atoms with Crippen LogP contribution in [0.1, 0.15) is 18.5 Å². The van der Waals surface area contributed by atoms with E-state index in [-0.39, 0.29) is 18.7 Å². The zero-order chi connectivity index (χ0) is 14.9. The van der Waals surface area contributed by atoms with Gasteiger partial charge in [-0.05, 0) is 13.0 Å². The van der Waals surface area contributed by atoms with Gasteiger partial charge in [-0.25, -0.2) is 13.6 Å². The van der Waals surface area contributed by atoms with E-state index in [0.717, 1.165) is 12.1 Å². The monoisotopic (exact) mass is 285 g/mol. The first-order valence-corrected chi connectivity index (χ1v) is 6.04. The maximum atomic E-state index is 13.9. The average molecular weight is 285 g/mol. The third-order valence-corrected chi connectivity index (χ3v) is 3.19. The van der Waals surface area contributed by atoms with Crippen molar-refractivity contribution in [2.45, 2.75) is 19.1 Å². The van der Waals surface area contributed by atoms with Crippen molar-refractivity contribution in [2.75, 3.05) is 13.2 Å². The molecule has 0 aromatic heterocycles. The van der Waals surface area contributed by atoms with Crippen molar-refractivity contribution in [3.8, 4) is 0 Å². The summed E-state index contributed by atoms with van der Waals surface area (Å²) >= 11 is 0. The van der Waals surface area contributed by atoms with Gasteiger partial charge in [-0.3, -0.25) is 4.79 Å². The Hall–Kier alpha value is -2.02. The molecule has 1 saturated heterocycles. The van der Waals surface area contributed by atoms with Gasteiger partial charge in [0.2, 0.25) is 5.91 Å². The Morgan fingerprint density at radius 1 is 1.50 bits per heavy atom. The summed E-state index contributed by atoms with van der Waals surface area (Å²) in [7, 11) is 0. The van der Waals surface area contributed by atoms with Gasteiger partial charge in [0.05, 0.1) is 6.04 Å². The Kier molecular flexibility index (Phi) is 3.99. The zero-order valence-corrected chi connectivity index (χ0v) is 10.7. The van der Waals surface area contributed by atoms with Crippen LogP contribution in [0, 0.1) is 11.6 Å². The maximum Gasteiger partial charge on any atom is 0.335 e. The molecule has 7 heteroatoms. The molecule has 0 radical (unpaired) electrons. The number of rotatable bonds is 3. The number of carbonyl (C=O) groups is 2. The van der Waals surface area contributed by atoms with E-state index >= 15 is 0 Å². The second kappa shape index (κ2) is 5.54. The summed E-state index contributed by atoms with van der Waals surface area (Å²) in [5.74, 6) is -3.41. The summed E-state index contributed by atoms with van der Waals surface area (Å²) in [6.45, 7) is 1.48. The van der Waals surface area contributed by atoms with E-state index in [1.165, 1.54) is 4.90 Å². The third kappa shape index (κ3) is 2.49. The van der Waals surface area contributed by atoms with Gasteiger partial charge in [-0.2, -0.15) is 0 Å². The van der Waals surface area contributed by atoms with Crippen LogP contribution in [-0.2, 0) is 14.3 Å². The molecule has 2 unspecified atom stereocenters. The predicted molar refractivity (Wildman–Crippen MR) is 63.9 cm³/mol. The van der Waals surface area contributed by atoms with Crippen molar-refractivity contribution in [3.05, 3.63) is 35.4 Å². The molecule has 1 aliphatic heterocycles. The number of carboxylic acid groups (broad SMARTS) is 1. The fourth-order valence-corrected chi connectivity index (χ4v) is 2.31. The molecule has 0 aliphatic carbocycles. The number of ether oxygens (including phenoxy) is 1. The number of carboxylic acids is 1. The highest BCUT2D eigenvalue weighted by molar-refractivity contribution is 5.83. The van der Waals surface area contributed by atoms with Crippen molar-refractivity contribution >= 4 is 11.9 Å². The molecule has 20 heavy (non-hydrogen) atoms. The minimum Gasteiger partial charge on any atom is -0.479 e. The van der Waals surface area contributed by atoms with Crippen molar-refractivity contribution in [2.24, 2.45) is 0 Å². The number of carbonyl (C=O) groups excluding carboxylic acids is 1. The smallest absolute Gasteiger partial charge is 0.335 e. The van der Waals surface area contributed by atoms with Gasteiger partial charge in [0.15, 0.2) is 6.10 Å². The Morgan fingerprint density at radius 2 is 2.20 bits per heavy atom. The lowest BCUT2D eigenvalue weighted by Gasteiger charge is -2.38. The van der Waals surface area contributed by atoms with E-state index < -0.39 is 35.7 Å². The lowest BCUT2D eigenvalue weighted by Crippen LogP contribution is -2.51. The van der Waals surface area contributed by atoms with Crippen molar-refractivity contribution < 1.29 is 28.2 Å². The summed E-state index contributed by atoms with van der Waals surface area (Å²) < 4.78 is 31.8. The van der Waals surface area contributed by atoms with Crippen molar-refractivity contribution in [1.82, 2.24) is 4.90 Å². The van der Waals surface area contributed by atoms with E-state index in [0.29, 0.717) is 6.07 Å². The normalized spacial score (nSPS) is 22.9. The minimum absolute atomic E-state index is 0.0753. The summed E-state index contributed by atoms with van der Waals surface area (Å²) in [5, 5.41) is 9.16. The minimum atomic E-state index is -1.38. The van der Waals surface area contributed by atoms with Crippen LogP contribution in [0.5, 0.6) is 0 Å². The van der Waals surface area contributed by atoms with E-state index in [9.17, 15) is 18.4 Å². The molecular formula is C13H13F2NO4. The molecule has 0 saturated carbocycles. The number of amides is 1. The molecule has 0 spiro atoms.